The smallest absolute Gasteiger partial charge is 0.336 e. The van der Waals surface area contributed by atoms with E-state index in [1.165, 1.54) is 4.90 Å². The molecule has 2 aromatic heterocycles. The molecular weight excluding hydrogens is 448 g/mol. The van der Waals surface area contributed by atoms with Crippen molar-refractivity contribution in [3.63, 3.8) is 0 Å². The maximum atomic E-state index is 13.7. The van der Waals surface area contributed by atoms with Gasteiger partial charge >= 0.3 is 6.18 Å². The van der Waals surface area contributed by atoms with Crippen LogP contribution in [0.1, 0.15) is 16.2 Å². The number of aromatic nitrogens is 3. The number of carbonyl (C=O) groups is 1. The minimum atomic E-state index is -4.72. The van der Waals surface area contributed by atoms with Crippen LogP contribution in [0, 0.1) is 0 Å². The maximum Gasteiger partial charge on any atom is 0.433 e. The summed E-state index contributed by atoms with van der Waals surface area (Å²) in [6.07, 6.45) is -4.72. The van der Waals surface area contributed by atoms with E-state index < -0.39 is 17.8 Å². The minimum absolute atomic E-state index is 0.0525. The third kappa shape index (κ3) is 3.91. The largest absolute Gasteiger partial charge is 0.433 e. The molecule has 0 unspecified atom stereocenters. The predicted octanol–water partition coefficient (Wildman–Crippen LogP) is 4.91. The van der Waals surface area contributed by atoms with E-state index in [0.29, 0.717) is 28.2 Å². The number of alkyl halides is 3. The highest BCUT2D eigenvalue weighted by atomic mass is 35.5. The number of benzene rings is 1. The van der Waals surface area contributed by atoms with Crippen LogP contribution in [0.5, 0.6) is 0 Å². The van der Waals surface area contributed by atoms with Crippen molar-refractivity contribution in [2.75, 3.05) is 24.6 Å². The highest BCUT2D eigenvalue weighted by Crippen LogP contribution is 2.35. The molecule has 1 saturated heterocycles. The zero-order chi connectivity index (χ0) is 20.8. The quantitative estimate of drug-likeness (QED) is 0.544. The third-order valence-electron chi connectivity index (χ3n) is 4.46. The van der Waals surface area contributed by atoms with Gasteiger partial charge in [-0.3, -0.25) is 4.79 Å². The Morgan fingerprint density at radius 2 is 1.76 bits per heavy atom. The van der Waals surface area contributed by atoms with Crippen LogP contribution in [0.3, 0.4) is 0 Å². The summed E-state index contributed by atoms with van der Waals surface area (Å²) in [5, 5.41) is 4.13. The molecule has 0 N–H and O–H groups in total. The number of fused-ring (bicyclic) bond motifs is 1. The standard InChI is InChI=1S/C18H13Cl2F3N4OS/c19-11-3-1-10(2-4-11)12-9-13(18(21,22)23)27-16(24-12)14(20)15(25-27)17(28)26-5-7-29-8-6-26/h1-4,9H,5-8H2. The first-order valence-electron chi connectivity index (χ1n) is 8.55. The van der Waals surface area contributed by atoms with Gasteiger partial charge in [0.1, 0.15) is 5.02 Å². The number of hydrogen-bond donors (Lipinski definition) is 0. The number of hydrogen-bond acceptors (Lipinski definition) is 4. The molecule has 1 aliphatic rings. The number of nitrogens with zero attached hydrogens (tertiary/aromatic N) is 4. The molecule has 0 saturated carbocycles. The lowest BCUT2D eigenvalue weighted by atomic mass is 10.1. The summed E-state index contributed by atoms with van der Waals surface area (Å²) < 4.78 is 41.8. The molecule has 0 radical (unpaired) electrons. The van der Waals surface area contributed by atoms with Crippen molar-refractivity contribution in [3.05, 3.63) is 51.8 Å². The van der Waals surface area contributed by atoms with Gasteiger partial charge in [-0.15, -0.1) is 0 Å². The molecule has 29 heavy (non-hydrogen) atoms. The second-order valence-electron chi connectivity index (χ2n) is 6.33. The predicted molar refractivity (Wildman–Crippen MR) is 107 cm³/mol. The first kappa shape index (κ1) is 20.3. The van der Waals surface area contributed by atoms with Gasteiger partial charge in [-0.2, -0.15) is 30.0 Å². The van der Waals surface area contributed by atoms with E-state index in [4.69, 9.17) is 23.2 Å². The van der Waals surface area contributed by atoms with E-state index in [1.807, 2.05) is 0 Å². The van der Waals surface area contributed by atoms with Gasteiger partial charge < -0.3 is 4.90 Å². The highest BCUT2D eigenvalue weighted by Gasteiger charge is 2.37. The summed E-state index contributed by atoms with van der Waals surface area (Å²) in [4.78, 5) is 18.6. The fourth-order valence-electron chi connectivity index (χ4n) is 3.01. The molecule has 1 aliphatic heterocycles. The molecule has 11 heteroatoms. The second kappa shape index (κ2) is 7.70. The molecule has 1 amide bonds. The van der Waals surface area contributed by atoms with Crippen LogP contribution in [0.15, 0.2) is 30.3 Å². The van der Waals surface area contributed by atoms with E-state index in [-0.39, 0.29) is 22.1 Å². The molecule has 3 heterocycles. The summed E-state index contributed by atoms with van der Waals surface area (Å²) in [5.41, 5.74) is -1.04. The Hall–Kier alpha value is -1.97. The van der Waals surface area contributed by atoms with E-state index in [2.05, 4.69) is 10.1 Å². The van der Waals surface area contributed by atoms with Crippen LogP contribution >= 0.6 is 35.0 Å². The van der Waals surface area contributed by atoms with Crippen LogP contribution in [-0.4, -0.2) is 50.0 Å². The summed E-state index contributed by atoms with van der Waals surface area (Å²) in [7, 11) is 0. The Labute approximate surface area is 177 Å². The maximum absolute atomic E-state index is 13.7. The molecule has 5 nitrogen and oxygen atoms in total. The molecule has 1 aromatic carbocycles. The van der Waals surface area contributed by atoms with Crippen molar-refractivity contribution in [2.24, 2.45) is 0 Å². The van der Waals surface area contributed by atoms with Gasteiger partial charge in [0.15, 0.2) is 17.0 Å². The van der Waals surface area contributed by atoms with Crippen molar-refractivity contribution in [1.29, 1.82) is 0 Å². The number of amides is 1. The molecule has 0 spiro atoms. The second-order valence-corrected chi connectivity index (χ2v) is 8.37. The molecule has 152 valence electrons. The zero-order valence-corrected chi connectivity index (χ0v) is 17.0. The van der Waals surface area contributed by atoms with E-state index >= 15 is 0 Å². The van der Waals surface area contributed by atoms with Gasteiger partial charge in [0.25, 0.3) is 5.91 Å². The Morgan fingerprint density at radius 3 is 2.38 bits per heavy atom. The molecule has 1 fully saturated rings. The van der Waals surface area contributed by atoms with Gasteiger partial charge in [0.2, 0.25) is 0 Å². The molecule has 4 rings (SSSR count). The van der Waals surface area contributed by atoms with Crippen molar-refractivity contribution in [2.45, 2.75) is 6.18 Å². The number of rotatable bonds is 2. The first-order valence-corrected chi connectivity index (χ1v) is 10.5. The SMILES string of the molecule is O=C(c1nn2c(C(F)(F)F)cc(-c3ccc(Cl)cc3)nc2c1Cl)N1CCSCC1. The molecular formula is C18H13Cl2F3N4OS. The Kier molecular flexibility index (Phi) is 5.39. The van der Waals surface area contributed by atoms with Gasteiger partial charge in [0, 0.05) is 35.2 Å². The fourth-order valence-corrected chi connectivity index (χ4v) is 4.28. The number of carbonyl (C=O) groups excluding carboxylic acids is 1. The molecule has 0 bridgehead atoms. The summed E-state index contributed by atoms with van der Waals surface area (Å²) in [5.74, 6) is 1.01. The van der Waals surface area contributed by atoms with E-state index in [9.17, 15) is 18.0 Å². The highest BCUT2D eigenvalue weighted by molar-refractivity contribution is 7.99. The average molecular weight is 461 g/mol. The van der Waals surface area contributed by atoms with E-state index in [1.54, 1.807) is 36.0 Å². The molecule has 0 aliphatic carbocycles. The van der Waals surface area contributed by atoms with Crippen molar-refractivity contribution in [1.82, 2.24) is 19.5 Å². The van der Waals surface area contributed by atoms with Gasteiger partial charge in [-0.25, -0.2) is 9.50 Å². The molecule has 0 atom stereocenters. The lowest BCUT2D eigenvalue weighted by Crippen LogP contribution is -2.38. The summed E-state index contributed by atoms with van der Waals surface area (Å²) >= 11 is 13.9. The van der Waals surface area contributed by atoms with Crippen LogP contribution in [0.2, 0.25) is 10.0 Å². The topological polar surface area (TPSA) is 50.5 Å². The number of thioether (sulfide) groups is 1. The molecule has 3 aromatic rings. The normalized spacial score (nSPS) is 15.1. The van der Waals surface area contributed by atoms with Crippen LogP contribution in [0.25, 0.3) is 16.9 Å². The minimum Gasteiger partial charge on any atom is -0.336 e. The average Bonchev–Trinajstić information content (AvgIpc) is 3.04. The lowest BCUT2D eigenvalue weighted by molar-refractivity contribution is -0.142. The lowest BCUT2D eigenvalue weighted by Gasteiger charge is -2.25. The van der Waals surface area contributed by atoms with Crippen molar-refractivity contribution < 1.29 is 18.0 Å². The van der Waals surface area contributed by atoms with Crippen molar-refractivity contribution in [3.8, 4) is 11.3 Å². The van der Waals surface area contributed by atoms with Gasteiger partial charge in [-0.05, 0) is 18.2 Å². The number of halogens is 5. The Morgan fingerprint density at radius 1 is 1.10 bits per heavy atom. The van der Waals surface area contributed by atoms with Crippen molar-refractivity contribution >= 4 is 46.5 Å². The monoisotopic (exact) mass is 460 g/mol. The van der Waals surface area contributed by atoms with Crippen LogP contribution in [0.4, 0.5) is 13.2 Å². The summed E-state index contributed by atoms with van der Waals surface area (Å²) in [6, 6.07) is 7.10. The van der Waals surface area contributed by atoms with Gasteiger partial charge in [0.05, 0.1) is 5.69 Å². The van der Waals surface area contributed by atoms with E-state index in [0.717, 1.165) is 17.6 Å². The Balaban J connectivity index is 1.88. The summed E-state index contributed by atoms with van der Waals surface area (Å²) in [6.45, 7) is 0.979. The first-order chi connectivity index (χ1) is 13.8. The van der Waals surface area contributed by atoms with Crippen LogP contribution in [-0.2, 0) is 6.18 Å². The van der Waals surface area contributed by atoms with Gasteiger partial charge in [-0.1, -0.05) is 35.3 Å². The third-order valence-corrected chi connectivity index (χ3v) is 6.01. The van der Waals surface area contributed by atoms with Crippen LogP contribution < -0.4 is 0 Å². The zero-order valence-electron chi connectivity index (χ0n) is 14.7. The fraction of sp³-hybridized carbons (Fsp3) is 0.278. The Bertz CT molecular complexity index is 1080.